The number of ether oxygens (including phenoxy) is 2. The molecule has 0 N–H and O–H groups in total. The number of nitro groups is 1. The van der Waals surface area contributed by atoms with Gasteiger partial charge in [-0.05, 0) is 32.9 Å². The van der Waals surface area contributed by atoms with Crippen molar-refractivity contribution in [1.29, 1.82) is 0 Å². The lowest BCUT2D eigenvalue weighted by Crippen LogP contribution is -2.35. The topological polar surface area (TPSA) is 95.7 Å². The van der Waals surface area contributed by atoms with E-state index in [1.54, 1.807) is 51.1 Å². The van der Waals surface area contributed by atoms with Crippen molar-refractivity contribution in [3.05, 3.63) is 46.0 Å². The number of rotatable bonds is 6. The normalized spacial score (nSPS) is 12.3. The highest BCUT2D eigenvalue weighted by atomic mass is 16.6. The first-order chi connectivity index (χ1) is 10.2. The maximum atomic E-state index is 11.8. The highest BCUT2D eigenvalue weighted by molar-refractivity contribution is 5.89. The molecule has 0 aliphatic rings. The third-order valence-corrected chi connectivity index (χ3v) is 2.65. The molecule has 1 aromatic carbocycles. The quantitative estimate of drug-likeness (QED) is 0.453. The minimum Gasteiger partial charge on any atom is -0.458 e. The van der Waals surface area contributed by atoms with Gasteiger partial charge in [0.25, 0.3) is 0 Å². The minimum atomic E-state index is -1.12. The van der Waals surface area contributed by atoms with E-state index in [4.69, 9.17) is 9.47 Å². The van der Waals surface area contributed by atoms with Crippen molar-refractivity contribution in [2.75, 3.05) is 13.2 Å². The molecule has 0 bridgehead atoms. The molecule has 1 aromatic rings. The molecule has 120 valence electrons. The van der Waals surface area contributed by atoms with E-state index in [2.05, 4.69) is 0 Å². The summed E-state index contributed by atoms with van der Waals surface area (Å²) >= 11 is 0. The summed E-state index contributed by atoms with van der Waals surface area (Å²) in [6.07, 6.45) is -1.12. The van der Waals surface area contributed by atoms with Gasteiger partial charge in [0, 0.05) is 4.92 Å². The molecule has 1 atom stereocenters. The Balaban J connectivity index is 2.64. The van der Waals surface area contributed by atoms with Crippen molar-refractivity contribution < 1.29 is 24.0 Å². The number of hydrogen-bond donors (Lipinski definition) is 0. The fourth-order valence-electron chi connectivity index (χ4n) is 1.44. The summed E-state index contributed by atoms with van der Waals surface area (Å²) in [5.41, 5.74) is -0.470. The van der Waals surface area contributed by atoms with Gasteiger partial charge in [0.1, 0.15) is 6.61 Å². The van der Waals surface area contributed by atoms with Gasteiger partial charge >= 0.3 is 11.9 Å². The third-order valence-electron chi connectivity index (χ3n) is 2.65. The maximum absolute atomic E-state index is 11.8. The molecule has 0 saturated heterocycles. The zero-order valence-corrected chi connectivity index (χ0v) is 12.8. The summed E-state index contributed by atoms with van der Waals surface area (Å²) < 4.78 is 10.0. The molecular weight excluding hydrogens is 290 g/mol. The van der Waals surface area contributed by atoms with Crippen LogP contribution < -0.4 is 0 Å². The molecule has 0 heterocycles. The van der Waals surface area contributed by atoms with E-state index in [0.717, 1.165) is 0 Å². The third kappa shape index (κ3) is 5.90. The van der Waals surface area contributed by atoms with Crippen molar-refractivity contribution in [3.63, 3.8) is 0 Å². The largest absolute Gasteiger partial charge is 0.458 e. The molecule has 0 spiro atoms. The van der Waals surface area contributed by atoms with Crippen LogP contribution in [0.4, 0.5) is 0 Å². The van der Waals surface area contributed by atoms with Gasteiger partial charge in [-0.1, -0.05) is 18.2 Å². The maximum Gasteiger partial charge on any atom is 0.338 e. The molecule has 0 amide bonds. The second-order valence-corrected chi connectivity index (χ2v) is 5.76. The van der Waals surface area contributed by atoms with E-state index in [1.807, 2.05) is 0 Å². The Morgan fingerprint density at radius 3 is 2.32 bits per heavy atom. The van der Waals surface area contributed by atoms with Crippen molar-refractivity contribution in [1.82, 2.24) is 0 Å². The molecule has 7 heteroatoms. The van der Waals surface area contributed by atoms with Crippen molar-refractivity contribution in [2.24, 2.45) is 5.41 Å². The van der Waals surface area contributed by atoms with E-state index in [0.29, 0.717) is 5.56 Å². The summed E-state index contributed by atoms with van der Waals surface area (Å²) in [5, 5.41) is 10.6. The molecule has 0 aromatic heterocycles. The van der Waals surface area contributed by atoms with Crippen LogP contribution in [-0.2, 0) is 14.3 Å². The van der Waals surface area contributed by atoms with Crippen molar-refractivity contribution in [3.8, 4) is 0 Å². The van der Waals surface area contributed by atoms with E-state index >= 15 is 0 Å². The van der Waals surface area contributed by atoms with Crippen molar-refractivity contribution >= 4 is 11.9 Å². The molecule has 0 fully saturated rings. The van der Waals surface area contributed by atoms with Gasteiger partial charge in [-0.15, -0.1) is 0 Å². The first-order valence-electron chi connectivity index (χ1n) is 6.75. The Hall–Kier alpha value is -2.44. The lowest BCUT2D eigenvalue weighted by atomic mass is 9.97. The number of carbonyl (C=O) groups is 2. The molecule has 1 unspecified atom stereocenters. The van der Waals surface area contributed by atoms with Crippen LogP contribution in [0.1, 0.15) is 31.1 Å². The van der Waals surface area contributed by atoms with Gasteiger partial charge in [-0.2, -0.15) is 0 Å². The van der Waals surface area contributed by atoms with Gasteiger partial charge in [0.05, 0.1) is 11.0 Å². The van der Waals surface area contributed by atoms with E-state index in [-0.39, 0.29) is 6.61 Å². The van der Waals surface area contributed by atoms with Crippen LogP contribution in [0, 0.1) is 15.5 Å². The Morgan fingerprint density at radius 2 is 1.82 bits per heavy atom. The van der Waals surface area contributed by atoms with Crippen LogP contribution in [0.5, 0.6) is 0 Å². The fraction of sp³-hybridized carbons (Fsp3) is 0.467. The van der Waals surface area contributed by atoms with Crippen molar-refractivity contribution in [2.45, 2.75) is 26.9 Å². The molecule has 1 rings (SSSR count). The number of carbonyl (C=O) groups excluding carboxylic acids is 2. The fourth-order valence-corrected chi connectivity index (χ4v) is 1.44. The summed E-state index contributed by atoms with van der Waals surface area (Å²) in [7, 11) is 0. The second-order valence-electron chi connectivity index (χ2n) is 5.76. The predicted octanol–water partition coefficient (Wildman–Crippen LogP) is 2.08. The average molecular weight is 309 g/mol. The molecular formula is C15H19NO6. The Morgan fingerprint density at radius 1 is 1.23 bits per heavy atom. The first-order valence-corrected chi connectivity index (χ1v) is 6.75. The Kier molecular flexibility index (Phi) is 6.03. The summed E-state index contributed by atoms with van der Waals surface area (Å²) in [6, 6.07) is 8.21. The number of esters is 2. The summed E-state index contributed by atoms with van der Waals surface area (Å²) in [6.45, 7) is 3.91. The number of hydrogen-bond acceptors (Lipinski definition) is 6. The molecule has 0 aliphatic carbocycles. The highest BCUT2D eigenvalue weighted by Crippen LogP contribution is 2.16. The summed E-state index contributed by atoms with van der Waals surface area (Å²) in [4.78, 5) is 33.6. The monoisotopic (exact) mass is 309 g/mol. The lowest BCUT2D eigenvalue weighted by Gasteiger charge is -2.21. The Labute approximate surface area is 128 Å². The average Bonchev–Trinajstić information content (AvgIpc) is 2.43. The number of benzene rings is 1. The van der Waals surface area contributed by atoms with E-state index < -0.39 is 34.9 Å². The van der Waals surface area contributed by atoms with Gasteiger partial charge in [0.15, 0.2) is 6.10 Å². The van der Waals surface area contributed by atoms with Crippen LogP contribution in [0.2, 0.25) is 0 Å². The molecule has 7 nitrogen and oxygen atoms in total. The highest BCUT2D eigenvalue weighted by Gasteiger charge is 2.29. The van der Waals surface area contributed by atoms with Gasteiger partial charge < -0.3 is 9.47 Å². The molecule has 0 saturated carbocycles. The Bertz CT molecular complexity index is 535. The second kappa shape index (κ2) is 7.53. The SMILES string of the molecule is CC(C)(C)C(=O)OC(COC(=O)c1ccccc1)C[N+](=O)[O-]. The molecule has 22 heavy (non-hydrogen) atoms. The molecule has 0 radical (unpaired) electrons. The lowest BCUT2D eigenvalue weighted by molar-refractivity contribution is -0.490. The predicted molar refractivity (Wildman–Crippen MR) is 77.9 cm³/mol. The zero-order chi connectivity index (χ0) is 16.8. The van der Waals surface area contributed by atoms with E-state index in [1.165, 1.54) is 0 Å². The number of nitrogens with zero attached hydrogens (tertiary/aromatic N) is 1. The van der Waals surface area contributed by atoms with E-state index in [9.17, 15) is 19.7 Å². The van der Waals surface area contributed by atoms with Gasteiger partial charge in [0.2, 0.25) is 6.54 Å². The standard InChI is InChI=1S/C15H19NO6/c1-15(2,3)14(18)22-12(9-16(19)20)10-21-13(17)11-7-5-4-6-8-11/h4-8,12H,9-10H2,1-3H3. The molecule has 0 aliphatic heterocycles. The van der Waals surface area contributed by atoms with Gasteiger partial charge in [-0.3, -0.25) is 14.9 Å². The first kappa shape index (κ1) is 17.6. The zero-order valence-electron chi connectivity index (χ0n) is 12.8. The van der Waals surface area contributed by atoms with Crippen LogP contribution in [0.15, 0.2) is 30.3 Å². The van der Waals surface area contributed by atoms with Crippen LogP contribution in [-0.4, -0.2) is 36.1 Å². The van der Waals surface area contributed by atoms with Crippen LogP contribution in [0.3, 0.4) is 0 Å². The smallest absolute Gasteiger partial charge is 0.338 e. The van der Waals surface area contributed by atoms with Crippen LogP contribution >= 0.6 is 0 Å². The van der Waals surface area contributed by atoms with Crippen LogP contribution in [0.25, 0.3) is 0 Å². The van der Waals surface area contributed by atoms with Gasteiger partial charge in [-0.25, -0.2) is 4.79 Å². The minimum absolute atomic E-state index is 0.324. The summed E-state index contributed by atoms with van der Waals surface area (Å²) in [5.74, 6) is -1.21.